The molecule has 0 aromatic heterocycles. The monoisotopic (exact) mass is 280 g/mol. The lowest BCUT2D eigenvalue weighted by Gasteiger charge is -2.14. The van der Waals surface area contributed by atoms with E-state index in [1.807, 2.05) is 5.32 Å². The molecule has 0 heterocycles. The lowest BCUT2D eigenvalue weighted by molar-refractivity contribution is -0.284. The Labute approximate surface area is 106 Å². The molecule has 102 valence electrons. The molecule has 11 heteroatoms. The highest BCUT2D eigenvalue weighted by Gasteiger charge is 2.23. The molecule has 0 aliphatic carbocycles. The molecule has 0 unspecified atom stereocenters. The van der Waals surface area contributed by atoms with Crippen LogP contribution >= 0.6 is 11.9 Å². The normalized spacial score (nSPS) is 11.4. The van der Waals surface area contributed by atoms with Gasteiger partial charge in [-0.1, -0.05) is 0 Å². The van der Waals surface area contributed by atoms with Crippen LogP contribution in [0.2, 0.25) is 0 Å². The Balaban J connectivity index is 4.42. The van der Waals surface area contributed by atoms with E-state index in [4.69, 9.17) is 10.8 Å². The number of carboxylic acids is 1. The van der Waals surface area contributed by atoms with Crippen LogP contribution in [0.15, 0.2) is 0 Å². The summed E-state index contributed by atoms with van der Waals surface area (Å²) in [6.45, 7) is -1.02. The molecule has 0 rings (SSSR count). The third-order valence-corrected chi connectivity index (χ3v) is 2.29. The lowest BCUT2D eigenvalue weighted by Crippen LogP contribution is -2.50. The quantitative estimate of drug-likeness (QED) is 0.216. The van der Waals surface area contributed by atoms with E-state index in [0.29, 0.717) is 0 Å². The molecule has 5 N–H and O–H groups in total. The van der Waals surface area contributed by atoms with Crippen LogP contribution in [0.3, 0.4) is 0 Å². The molecule has 0 saturated carbocycles. The second-order valence-corrected chi connectivity index (χ2v) is 3.84. The average molecular weight is 280 g/mol. The van der Waals surface area contributed by atoms with Crippen molar-refractivity contribution in [2.75, 3.05) is 18.8 Å². The Bertz CT molecular complexity index is 349. The predicted octanol–water partition coefficient (Wildman–Crippen LogP) is -2.44. The second kappa shape index (κ2) is 8.25. The molecule has 0 saturated heterocycles. The minimum atomic E-state index is -1.27. The molecule has 0 radical (unpaired) electrons. The van der Waals surface area contributed by atoms with Crippen molar-refractivity contribution in [2.45, 2.75) is 6.04 Å². The third kappa shape index (κ3) is 7.40. The van der Waals surface area contributed by atoms with Crippen molar-refractivity contribution in [3.05, 3.63) is 10.1 Å². The number of carboxylic acid groups (broad SMARTS) is 1. The van der Waals surface area contributed by atoms with Crippen LogP contribution in [-0.2, 0) is 14.4 Å². The maximum atomic E-state index is 11.4. The van der Waals surface area contributed by atoms with Crippen LogP contribution in [0.25, 0.3) is 0 Å². The number of rotatable bonds is 8. The molecular formula is C7H12N4O6S. The van der Waals surface area contributed by atoms with E-state index in [0.717, 1.165) is 0 Å². The minimum absolute atomic E-state index is 0.213. The Kier molecular flexibility index (Phi) is 7.38. The minimum Gasteiger partial charge on any atom is -0.480 e. The molecule has 18 heavy (non-hydrogen) atoms. The van der Waals surface area contributed by atoms with Crippen molar-refractivity contribution in [1.82, 2.24) is 10.6 Å². The van der Waals surface area contributed by atoms with Gasteiger partial charge in [0, 0.05) is 0 Å². The largest absolute Gasteiger partial charge is 0.480 e. The van der Waals surface area contributed by atoms with Gasteiger partial charge in [-0.2, -0.15) is 0 Å². The Morgan fingerprint density at radius 1 is 1.44 bits per heavy atom. The van der Waals surface area contributed by atoms with Gasteiger partial charge in [0.1, 0.15) is 16.9 Å². The van der Waals surface area contributed by atoms with Crippen molar-refractivity contribution in [3.8, 4) is 0 Å². The number of nitrogens with one attached hydrogen (secondary N) is 2. The molecule has 0 aromatic rings. The molecule has 0 fully saturated rings. The van der Waals surface area contributed by atoms with Gasteiger partial charge < -0.3 is 21.5 Å². The first-order valence-corrected chi connectivity index (χ1v) is 5.57. The molecule has 2 amide bonds. The number of nitrogens with zero attached hydrogens (tertiary/aromatic N) is 1. The Morgan fingerprint density at radius 2 is 2.06 bits per heavy atom. The van der Waals surface area contributed by atoms with Crippen molar-refractivity contribution in [3.63, 3.8) is 0 Å². The average Bonchev–Trinajstić information content (AvgIpc) is 2.30. The van der Waals surface area contributed by atoms with E-state index >= 15 is 0 Å². The SMILES string of the molecule is NCC(=O)N[C@@H](CS[N+](=O)[O-])C(=O)NCC(=O)O. The van der Waals surface area contributed by atoms with Gasteiger partial charge in [0.15, 0.2) is 0 Å². The second-order valence-electron chi connectivity index (χ2n) is 2.96. The summed E-state index contributed by atoms with van der Waals surface area (Å²) < 4.78 is -0.730. The summed E-state index contributed by atoms with van der Waals surface area (Å²) in [7, 11) is 0. The summed E-state index contributed by atoms with van der Waals surface area (Å²) in [5, 5.41) is 22.7. The van der Waals surface area contributed by atoms with E-state index in [1.54, 1.807) is 0 Å². The molecule has 1 atom stereocenters. The molecule has 0 bridgehead atoms. The predicted molar refractivity (Wildman–Crippen MR) is 61.1 cm³/mol. The standard InChI is InChI=1S/C7H12N4O6S/c8-1-5(12)10-4(3-18-11(16)17)7(15)9-2-6(13)14/h4H,1-3,8H2,(H,9,15)(H,10,12)(H,13,14)/t4-/m0/s1. The van der Waals surface area contributed by atoms with Gasteiger partial charge in [0.05, 0.1) is 12.3 Å². The van der Waals surface area contributed by atoms with Crippen LogP contribution in [0, 0.1) is 10.1 Å². The van der Waals surface area contributed by atoms with Gasteiger partial charge in [0.2, 0.25) is 23.8 Å². The fraction of sp³-hybridized carbons (Fsp3) is 0.571. The van der Waals surface area contributed by atoms with Gasteiger partial charge >= 0.3 is 5.97 Å². The van der Waals surface area contributed by atoms with Gasteiger partial charge in [-0.3, -0.25) is 24.5 Å². The van der Waals surface area contributed by atoms with Crippen LogP contribution in [-0.4, -0.2) is 52.1 Å². The first-order valence-electron chi connectivity index (χ1n) is 4.63. The number of hydrogen-bond acceptors (Lipinski definition) is 7. The van der Waals surface area contributed by atoms with Gasteiger partial charge in [0.25, 0.3) is 0 Å². The van der Waals surface area contributed by atoms with Crippen molar-refractivity contribution in [2.24, 2.45) is 5.73 Å². The molecule has 0 aromatic carbocycles. The fourth-order valence-corrected chi connectivity index (χ4v) is 1.36. The maximum absolute atomic E-state index is 11.4. The highest BCUT2D eigenvalue weighted by molar-refractivity contribution is 7.93. The first-order chi connectivity index (χ1) is 8.36. The van der Waals surface area contributed by atoms with E-state index in [9.17, 15) is 24.5 Å². The molecule has 10 nitrogen and oxygen atoms in total. The maximum Gasteiger partial charge on any atom is 0.322 e. The number of nitrogens with two attached hydrogens (primary N) is 1. The Morgan fingerprint density at radius 3 is 2.50 bits per heavy atom. The summed E-state index contributed by atoms with van der Waals surface area (Å²) in [6.07, 6.45) is 0. The highest BCUT2D eigenvalue weighted by atomic mass is 32.2. The van der Waals surface area contributed by atoms with Crippen LogP contribution in [0.1, 0.15) is 0 Å². The third-order valence-electron chi connectivity index (χ3n) is 1.60. The zero-order valence-electron chi connectivity index (χ0n) is 9.12. The van der Waals surface area contributed by atoms with Gasteiger partial charge in [-0.15, -0.1) is 0 Å². The van der Waals surface area contributed by atoms with Crippen molar-refractivity contribution >= 4 is 29.7 Å². The topological polar surface area (TPSA) is 165 Å². The number of carbonyl (C=O) groups excluding carboxylic acids is 2. The zero-order chi connectivity index (χ0) is 14.1. The van der Waals surface area contributed by atoms with Crippen molar-refractivity contribution < 1.29 is 23.8 Å². The Hall–Kier alpha value is -1.88. The summed E-state index contributed by atoms with van der Waals surface area (Å²) in [4.78, 5) is 42.8. The number of amides is 2. The van der Waals surface area contributed by atoms with E-state index in [2.05, 4.69) is 5.32 Å². The molecular weight excluding hydrogens is 268 g/mol. The summed E-state index contributed by atoms with van der Waals surface area (Å²) in [6, 6.07) is -1.21. The first kappa shape index (κ1) is 16.1. The van der Waals surface area contributed by atoms with E-state index < -0.39 is 34.7 Å². The summed E-state index contributed by atoms with van der Waals surface area (Å²) >= 11 is 0.213. The number of carbonyl (C=O) groups is 3. The smallest absolute Gasteiger partial charge is 0.322 e. The van der Waals surface area contributed by atoms with Gasteiger partial charge in [-0.05, 0) is 0 Å². The molecule has 0 aliphatic heterocycles. The van der Waals surface area contributed by atoms with E-state index in [1.165, 1.54) is 0 Å². The van der Waals surface area contributed by atoms with Crippen LogP contribution < -0.4 is 16.4 Å². The number of aliphatic carboxylic acids is 1. The number of hydrogen-bond donors (Lipinski definition) is 4. The zero-order valence-corrected chi connectivity index (χ0v) is 9.94. The molecule has 0 spiro atoms. The van der Waals surface area contributed by atoms with Crippen LogP contribution in [0.4, 0.5) is 0 Å². The van der Waals surface area contributed by atoms with Gasteiger partial charge in [-0.25, -0.2) is 0 Å². The molecule has 0 aliphatic rings. The van der Waals surface area contributed by atoms with Crippen molar-refractivity contribution in [1.29, 1.82) is 0 Å². The summed E-state index contributed by atoms with van der Waals surface area (Å²) in [5.74, 6) is -3.10. The highest BCUT2D eigenvalue weighted by Crippen LogP contribution is 2.03. The summed E-state index contributed by atoms with van der Waals surface area (Å²) in [5.41, 5.74) is 5.02. The van der Waals surface area contributed by atoms with Crippen LogP contribution in [0.5, 0.6) is 0 Å². The number of nitro groups is 1. The lowest BCUT2D eigenvalue weighted by atomic mass is 10.3. The van der Waals surface area contributed by atoms with E-state index in [-0.39, 0.29) is 24.2 Å². The fourth-order valence-electron chi connectivity index (χ4n) is 0.857.